The fourth-order valence-corrected chi connectivity index (χ4v) is 5.41. The minimum atomic E-state index is -0.141. The van der Waals surface area contributed by atoms with Gasteiger partial charge in [0.1, 0.15) is 23.9 Å². The quantitative estimate of drug-likeness (QED) is 0.697. The van der Waals surface area contributed by atoms with E-state index in [1.165, 1.54) is 10.4 Å². The Kier molecular flexibility index (Phi) is 4.27. The molecule has 2 aromatic heterocycles. The zero-order valence-electron chi connectivity index (χ0n) is 16.0. The Bertz CT molecular complexity index is 1100. The number of nitrogens with zero attached hydrogens (tertiary/aromatic N) is 1. The van der Waals surface area contributed by atoms with Gasteiger partial charge in [-0.25, -0.2) is 4.98 Å². The maximum absolute atomic E-state index is 12.8. The number of aryl methyl sites for hydroxylation is 1. The van der Waals surface area contributed by atoms with Crippen LogP contribution in [-0.2, 0) is 12.8 Å². The van der Waals surface area contributed by atoms with Crippen molar-refractivity contribution in [3.63, 3.8) is 0 Å². The summed E-state index contributed by atoms with van der Waals surface area (Å²) in [5.74, 6) is 2.82. The van der Waals surface area contributed by atoms with Gasteiger partial charge in [-0.3, -0.25) is 4.79 Å². The average Bonchev–Trinajstić information content (AvgIpc) is 3.05. The summed E-state index contributed by atoms with van der Waals surface area (Å²) in [6, 6.07) is 5.63. The first kappa shape index (κ1) is 17.6. The Morgan fingerprint density at radius 3 is 2.96 bits per heavy atom. The summed E-state index contributed by atoms with van der Waals surface area (Å²) in [5.41, 5.74) is 2.09. The van der Waals surface area contributed by atoms with E-state index in [1.807, 2.05) is 25.1 Å². The molecule has 6 nitrogen and oxygen atoms in total. The van der Waals surface area contributed by atoms with E-state index in [9.17, 15) is 4.79 Å². The number of rotatable bonds is 3. The molecule has 146 valence electrons. The number of aromatic amines is 1. The van der Waals surface area contributed by atoms with E-state index in [-0.39, 0.29) is 11.6 Å². The second-order valence-electron chi connectivity index (χ2n) is 7.71. The molecule has 1 aliphatic heterocycles. The van der Waals surface area contributed by atoms with E-state index < -0.39 is 0 Å². The fraction of sp³-hybridized carbons (Fsp3) is 0.429. The molecule has 0 saturated carbocycles. The van der Waals surface area contributed by atoms with Crippen molar-refractivity contribution >= 4 is 27.2 Å². The van der Waals surface area contributed by atoms with Gasteiger partial charge in [0, 0.05) is 16.6 Å². The number of fused-ring (bicyclic) bond motifs is 4. The number of benzene rings is 1. The lowest BCUT2D eigenvalue weighted by Gasteiger charge is -2.20. The minimum absolute atomic E-state index is 0.0251. The summed E-state index contributed by atoms with van der Waals surface area (Å²) in [7, 11) is 0. The highest BCUT2D eigenvalue weighted by Crippen LogP contribution is 2.36. The molecule has 2 N–H and O–H groups in total. The van der Waals surface area contributed by atoms with Crippen LogP contribution < -0.4 is 20.3 Å². The van der Waals surface area contributed by atoms with Gasteiger partial charge in [0.2, 0.25) is 0 Å². The highest BCUT2D eigenvalue weighted by Gasteiger charge is 2.24. The summed E-state index contributed by atoms with van der Waals surface area (Å²) < 4.78 is 11.2. The second-order valence-corrected chi connectivity index (χ2v) is 8.79. The van der Waals surface area contributed by atoms with E-state index in [0.29, 0.717) is 25.0 Å². The number of hydrogen-bond acceptors (Lipinski definition) is 6. The molecule has 0 fully saturated rings. The van der Waals surface area contributed by atoms with Gasteiger partial charge in [-0.05, 0) is 49.8 Å². The molecule has 28 heavy (non-hydrogen) atoms. The van der Waals surface area contributed by atoms with E-state index in [0.717, 1.165) is 46.7 Å². The molecule has 2 atom stereocenters. The third-order valence-electron chi connectivity index (χ3n) is 5.52. The topological polar surface area (TPSA) is 76.2 Å². The maximum atomic E-state index is 12.8. The van der Waals surface area contributed by atoms with Crippen LogP contribution in [0.15, 0.2) is 23.0 Å². The van der Waals surface area contributed by atoms with Gasteiger partial charge in [-0.15, -0.1) is 11.3 Å². The number of thiophene rings is 1. The Hall–Kier alpha value is -2.54. The molecule has 0 spiro atoms. The smallest absolute Gasteiger partial charge is 0.259 e. The van der Waals surface area contributed by atoms with Gasteiger partial charge >= 0.3 is 0 Å². The molecule has 0 unspecified atom stereocenters. The van der Waals surface area contributed by atoms with Gasteiger partial charge in [0.15, 0.2) is 11.5 Å². The number of hydrogen-bond donors (Lipinski definition) is 2. The van der Waals surface area contributed by atoms with Crippen LogP contribution in [0.2, 0.25) is 0 Å². The number of ether oxygens (including phenoxy) is 2. The van der Waals surface area contributed by atoms with Crippen molar-refractivity contribution in [3.8, 4) is 11.5 Å². The fourth-order valence-electron chi connectivity index (χ4n) is 4.02. The molecular formula is C21H23N3O3S. The van der Waals surface area contributed by atoms with Crippen LogP contribution in [0.1, 0.15) is 42.6 Å². The van der Waals surface area contributed by atoms with E-state index in [1.54, 1.807) is 11.3 Å². The molecule has 0 amide bonds. The molecule has 5 rings (SSSR count). The minimum Gasteiger partial charge on any atom is -0.486 e. The predicted octanol–water partition coefficient (Wildman–Crippen LogP) is 4.05. The molecule has 1 aliphatic carbocycles. The molecule has 0 radical (unpaired) electrons. The first-order valence-corrected chi connectivity index (χ1v) is 10.6. The summed E-state index contributed by atoms with van der Waals surface area (Å²) in [6.45, 7) is 5.40. The second kappa shape index (κ2) is 6.81. The summed E-state index contributed by atoms with van der Waals surface area (Å²) in [6.07, 6.45) is 3.17. The zero-order valence-corrected chi connectivity index (χ0v) is 16.8. The van der Waals surface area contributed by atoms with Gasteiger partial charge in [-0.2, -0.15) is 0 Å². The van der Waals surface area contributed by atoms with Crippen LogP contribution in [0.4, 0.5) is 5.69 Å². The number of anilines is 1. The SMILES string of the molecule is C[C@H]1CCc2c(sc3nc([C@H](C)Nc4ccc5c(c4)OCCO5)[nH]c(=O)c23)C1. The van der Waals surface area contributed by atoms with Crippen molar-refractivity contribution in [3.05, 3.63) is 44.8 Å². The van der Waals surface area contributed by atoms with Gasteiger partial charge < -0.3 is 19.8 Å². The monoisotopic (exact) mass is 397 g/mol. The van der Waals surface area contributed by atoms with Crippen LogP contribution in [0, 0.1) is 5.92 Å². The van der Waals surface area contributed by atoms with Crippen LogP contribution in [0.5, 0.6) is 11.5 Å². The molecule has 0 saturated heterocycles. The molecule has 0 bridgehead atoms. The van der Waals surface area contributed by atoms with Crippen LogP contribution >= 0.6 is 11.3 Å². The Morgan fingerprint density at radius 2 is 2.11 bits per heavy atom. The molecule has 3 heterocycles. The van der Waals surface area contributed by atoms with Crippen molar-refractivity contribution < 1.29 is 9.47 Å². The Morgan fingerprint density at radius 1 is 1.29 bits per heavy atom. The van der Waals surface area contributed by atoms with Crippen molar-refractivity contribution in [1.82, 2.24) is 9.97 Å². The summed E-state index contributed by atoms with van der Waals surface area (Å²) in [5, 5.41) is 4.20. The maximum Gasteiger partial charge on any atom is 0.259 e. The Labute approximate surface area is 166 Å². The van der Waals surface area contributed by atoms with Crippen molar-refractivity contribution in [2.45, 2.75) is 39.2 Å². The normalized spacial score (nSPS) is 19.3. The Balaban J connectivity index is 1.45. The standard InChI is InChI=1S/C21H23N3O3S/c1-11-3-5-14-17(9-11)28-21-18(14)20(25)23-19(24-21)12(2)22-13-4-6-15-16(10-13)27-8-7-26-15/h4,6,10-12,22H,3,5,7-9H2,1-2H3,(H,23,24,25)/t11-,12-/m0/s1. The number of H-pyrrole nitrogens is 1. The first-order chi connectivity index (χ1) is 13.6. The van der Waals surface area contributed by atoms with Gasteiger partial charge in [0.25, 0.3) is 5.56 Å². The molecular weight excluding hydrogens is 374 g/mol. The average molecular weight is 398 g/mol. The highest BCUT2D eigenvalue weighted by atomic mass is 32.1. The third-order valence-corrected chi connectivity index (χ3v) is 6.67. The number of nitrogens with one attached hydrogen (secondary N) is 2. The molecule has 7 heteroatoms. The number of aromatic nitrogens is 2. The van der Waals surface area contributed by atoms with Crippen molar-refractivity contribution in [2.24, 2.45) is 5.92 Å². The van der Waals surface area contributed by atoms with Crippen LogP contribution in [0.25, 0.3) is 10.2 Å². The third kappa shape index (κ3) is 3.03. The van der Waals surface area contributed by atoms with Crippen LogP contribution in [-0.4, -0.2) is 23.2 Å². The molecule has 1 aromatic carbocycles. The largest absolute Gasteiger partial charge is 0.486 e. The van der Waals surface area contributed by atoms with Gasteiger partial charge in [-0.1, -0.05) is 6.92 Å². The summed E-state index contributed by atoms with van der Waals surface area (Å²) in [4.78, 5) is 22.8. The van der Waals surface area contributed by atoms with Crippen molar-refractivity contribution in [2.75, 3.05) is 18.5 Å². The predicted molar refractivity (Wildman–Crippen MR) is 111 cm³/mol. The van der Waals surface area contributed by atoms with Crippen molar-refractivity contribution in [1.29, 1.82) is 0 Å². The molecule has 3 aromatic rings. The van der Waals surface area contributed by atoms with Gasteiger partial charge in [0.05, 0.1) is 11.4 Å². The van der Waals surface area contributed by atoms with E-state index >= 15 is 0 Å². The lowest BCUT2D eigenvalue weighted by atomic mass is 9.89. The zero-order chi connectivity index (χ0) is 19.3. The lowest BCUT2D eigenvalue weighted by molar-refractivity contribution is 0.171. The molecule has 2 aliphatic rings. The van der Waals surface area contributed by atoms with E-state index in [2.05, 4.69) is 17.2 Å². The first-order valence-electron chi connectivity index (χ1n) is 9.79. The summed E-state index contributed by atoms with van der Waals surface area (Å²) >= 11 is 1.68. The lowest BCUT2D eigenvalue weighted by Crippen LogP contribution is -2.19. The van der Waals surface area contributed by atoms with E-state index in [4.69, 9.17) is 14.5 Å². The highest BCUT2D eigenvalue weighted by molar-refractivity contribution is 7.18. The van der Waals surface area contributed by atoms with Crippen LogP contribution in [0.3, 0.4) is 0 Å².